The Labute approximate surface area is 199 Å². The van der Waals surface area contributed by atoms with E-state index < -0.39 is 0 Å². The summed E-state index contributed by atoms with van der Waals surface area (Å²) in [5, 5.41) is 2.81. The van der Waals surface area contributed by atoms with Crippen LogP contribution in [0.4, 0.5) is 5.69 Å². The molecule has 0 bridgehead atoms. The van der Waals surface area contributed by atoms with Gasteiger partial charge in [-0.1, -0.05) is 30.3 Å². The molecule has 0 saturated heterocycles. The fourth-order valence-electron chi connectivity index (χ4n) is 5.34. The number of amides is 1. The van der Waals surface area contributed by atoms with Crippen LogP contribution in [0.15, 0.2) is 77.1 Å². The van der Waals surface area contributed by atoms with Crippen molar-refractivity contribution in [3.8, 4) is 5.75 Å². The number of Topliss-reactive ketones (excluding diaryl/α,β-unsaturated/α-hetero) is 2. The van der Waals surface area contributed by atoms with Crippen molar-refractivity contribution in [2.45, 2.75) is 44.4 Å². The monoisotopic (exact) mass is 456 g/mol. The first kappa shape index (κ1) is 22.1. The number of benzene rings is 2. The summed E-state index contributed by atoms with van der Waals surface area (Å²) in [6.07, 6.45) is 4.38. The van der Waals surface area contributed by atoms with Crippen LogP contribution >= 0.6 is 0 Å². The molecule has 174 valence electrons. The average Bonchev–Trinajstić information content (AvgIpc) is 2.85. The Morgan fingerprint density at radius 3 is 2.21 bits per heavy atom. The van der Waals surface area contributed by atoms with Gasteiger partial charge < -0.3 is 15.0 Å². The molecule has 2 aliphatic carbocycles. The minimum atomic E-state index is -0.372. The molecule has 5 rings (SSSR count). The summed E-state index contributed by atoms with van der Waals surface area (Å²) in [4.78, 5) is 40.6. The Morgan fingerprint density at radius 2 is 1.56 bits per heavy atom. The van der Waals surface area contributed by atoms with E-state index in [0.29, 0.717) is 24.3 Å². The number of allylic oxidation sites excluding steroid dienone is 4. The highest BCUT2D eigenvalue weighted by Crippen LogP contribution is 2.48. The van der Waals surface area contributed by atoms with Gasteiger partial charge in [0.05, 0.1) is 0 Å². The molecule has 0 radical (unpaired) electrons. The van der Waals surface area contributed by atoms with Gasteiger partial charge in [0.15, 0.2) is 18.2 Å². The number of para-hydroxylation sites is 1. The number of carbonyl (C=O) groups excluding carboxylic acids is 3. The summed E-state index contributed by atoms with van der Waals surface area (Å²) in [6.45, 7) is -0.133. The second kappa shape index (κ2) is 9.29. The van der Waals surface area contributed by atoms with E-state index in [1.165, 1.54) is 0 Å². The maximum atomic E-state index is 13.1. The van der Waals surface area contributed by atoms with Gasteiger partial charge >= 0.3 is 0 Å². The van der Waals surface area contributed by atoms with Crippen molar-refractivity contribution in [1.29, 1.82) is 0 Å². The van der Waals surface area contributed by atoms with Crippen molar-refractivity contribution in [2.24, 2.45) is 0 Å². The van der Waals surface area contributed by atoms with Crippen LogP contribution in [-0.2, 0) is 14.4 Å². The minimum absolute atomic E-state index is 0.122. The zero-order valence-electron chi connectivity index (χ0n) is 19.3. The molecule has 1 N–H and O–H groups in total. The van der Waals surface area contributed by atoms with Gasteiger partial charge in [0.1, 0.15) is 5.75 Å². The van der Waals surface area contributed by atoms with Crippen molar-refractivity contribution in [1.82, 2.24) is 4.90 Å². The molecule has 0 spiro atoms. The molecular formula is C28H28N2O4. The maximum absolute atomic E-state index is 13.1. The molecule has 0 unspecified atom stereocenters. The van der Waals surface area contributed by atoms with Gasteiger partial charge in [0.2, 0.25) is 0 Å². The first-order chi connectivity index (χ1) is 16.5. The fraction of sp³-hybridized carbons (Fsp3) is 0.321. The molecule has 3 aliphatic rings. The molecule has 1 aliphatic heterocycles. The van der Waals surface area contributed by atoms with Crippen molar-refractivity contribution in [3.63, 3.8) is 0 Å². The molecule has 1 amide bonds. The summed E-state index contributed by atoms with van der Waals surface area (Å²) in [7, 11) is 1.99. The topological polar surface area (TPSA) is 75.7 Å². The zero-order valence-corrected chi connectivity index (χ0v) is 19.3. The van der Waals surface area contributed by atoms with E-state index in [9.17, 15) is 14.4 Å². The molecule has 0 fully saturated rings. The van der Waals surface area contributed by atoms with Crippen LogP contribution in [0.1, 0.15) is 50.0 Å². The Morgan fingerprint density at radius 1 is 0.912 bits per heavy atom. The van der Waals surface area contributed by atoms with E-state index in [1.807, 2.05) is 55.6 Å². The van der Waals surface area contributed by atoms with E-state index in [2.05, 4.69) is 10.2 Å². The molecule has 6 heteroatoms. The first-order valence-electron chi connectivity index (χ1n) is 11.9. The van der Waals surface area contributed by atoms with E-state index >= 15 is 0 Å². The van der Waals surface area contributed by atoms with Crippen molar-refractivity contribution < 1.29 is 19.1 Å². The van der Waals surface area contributed by atoms with E-state index in [-0.39, 0.29) is 30.0 Å². The number of rotatable bonds is 5. The van der Waals surface area contributed by atoms with Crippen molar-refractivity contribution >= 4 is 23.2 Å². The summed E-state index contributed by atoms with van der Waals surface area (Å²) in [5.74, 6) is 0.155. The van der Waals surface area contributed by atoms with Gasteiger partial charge in [-0.15, -0.1) is 0 Å². The van der Waals surface area contributed by atoms with Crippen LogP contribution < -0.4 is 10.1 Å². The Kier molecular flexibility index (Phi) is 6.05. The Bertz CT molecular complexity index is 1170. The van der Waals surface area contributed by atoms with Gasteiger partial charge in [-0.05, 0) is 55.5 Å². The predicted octanol–water partition coefficient (Wildman–Crippen LogP) is 4.75. The largest absolute Gasteiger partial charge is 0.484 e. The standard InChI is InChI=1S/C28H28N2O4/c1-30-21-12-6-14-23(31)27(21)26(28-22(30)13-7-15-24(28)32)18-8-5-11-20(16-18)34-17-25(33)29-19-9-3-2-4-10-19/h2-5,8-11,16,26H,6-7,12-15,17H2,1H3,(H,29,33). The molecule has 2 aromatic carbocycles. The third kappa shape index (κ3) is 4.16. The fourth-order valence-corrected chi connectivity index (χ4v) is 5.34. The maximum Gasteiger partial charge on any atom is 0.262 e. The molecule has 0 saturated carbocycles. The molecule has 0 aromatic heterocycles. The molecule has 6 nitrogen and oxygen atoms in total. The SMILES string of the molecule is CN1C2=C(C(=O)CCC2)C(c2cccc(OCC(=O)Nc3ccccc3)c2)C2=C1CCCC2=O. The van der Waals surface area contributed by atoms with Crippen LogP contribution in [0.5, 0.6) is 5.75 Å². The lowest BCUT2D eigenvalue weighted by molar-refractivity contribution is -0.118. The average molecular weight is 457 g/mol. The van der Waals surface area contributed by atoms with Crippen LogP contribution in [0.2, 0.25) is 0 Å². The number of carbonyl (C=O) groups is 3. The number of anilines is 1. The normalized spacial score (nSPS) is 18.6. The minimum Gasteiger partial charge on any atom is -0.484 e. The van der Waals surface area contributed by atoms with Gasteiger partial charge in [-0.25, -0.2) is 0 Å². The highest BCUT2D eigenvalue weighted by atomic mass is 16.5. The van der Waals surface area contributed by atoms with Gasteiger partial charge in [-0.3, -0.25) is 14.4 Å². The number of nitrogens with one attached hydrogen (secondary N) is 1. The second-order valence-corrected chi connectivity index (χ2v) is 9.04. The molecule has 1 heterocycles. The van der Waals surface area contributed by atoms with Crippen LogP contribution in [0.25, 0.3) is 0 Å². The quantitative estimate of drug-likeness (QED) is 0.703. The smallest absolute Gasteiger partial charge is 0.262 e. The molecular weight excluding hydrogens is 428 g/mol. The summed E-state index contributed by atoms with van der Waals surface area (Å²) >= 11 is 0. The van der Waals surface area contributed by atoms with E-state index in [0.717, 1.165) is 53.8 Å². The lowest BCUT2D eigenvalue weighted by atomic mass is 9.71. The van der Waals surface area contributed by atoms with E-state index in [4.69, 9.17) is 4.74 Å². The van der Waals surface area contributed by atoms with Crippen LogP contribution in [-0.4, -0.2) is 36.0 Å². The molecule has 2 aromatic rings. The Hall–Kier alpha value is -3.67. The number of hydrogen-bond donors (Lipinski definition) is 1. The second-order valence-electron chi connectivity index (χ2n) is 9.04. The molecule has 0 atom stereocenters. The predicted molar refractivity (Wildman–Crippen MR) is 129 cm³/mol. The van der Waals surface area contributed by atoms with Crippen molar-refractivity contribution in [3.05, 3.63) is 82.7 Å². The van der Waals surface area contributed by atoms with Crippen molar-refractivity contribution in [2.75, 3.05) is 19.0 Å². The summed E-state index contributed by atoms with van der Waals surface area (Å²) in [6, 6.07) is 16.7. The van der Waals surface area contributed by atoms with E-state index in [1.54, 1.807) is 6.07 Å². The van der Waals surface area contributed by atoms with Gasteiger partial charge in [0.25, 0.3) is 5.91 Å². The van der Waals surface area contributed by atoms with Crippen LogP contribution in [0.3, 0.4) is 0 Å². The number of ether oxygens (including phenoxy) is 1. The summed E-state index contributed by atoms with van der Waals surface area (Å²) < 4.78 is 5.79. The third-order valence-electron chi connectivity index (χ3n) is 6.86. The highest BCUT2D eigenvalue weighted by molar-refractivity contribution is 6.06. The summed E-state index contributed by atoms with van der Waals surface area (Å²) in [5.41, 5.74) is 5.16. The number of hydrogen-bond acceptors (Lipinski definition) is 5. The lowest BCUT2D eigenvalue weighted by Crippen LogP contribution is -2.37. The lowest BCUT2D eigenvalue weighted by Gasteiger charge is -2.42. The molecule has 34 heavy (non-hydrogen) atoms. The zero-order chi connectivity index (χ0) is 23.7. The third-order valence-corrected chi connectivity index (χ3v) is 6.86. The van der Waals surface area contributed by atoms with Crippen LogP contribution in [0, 0.1) is 0 Å². The highest BCUT2D eigenvalue weighted by Gasteiger charge is 2.42. The number of nitrogens with zero attached hydrogens (tertiary/aromatic N) is 1. The first-order valence-corrected chi connectivity index (χ1v) is 11.9. The Balaban J connectivity index is 1.43. The van der Waals surface area contributed by atoms with Gasteiger partial charge in [-0.2, -0.15) is 0 Å². The number of ketones is 2. The van der Waals surface area contributed by atoms with Gasteiger partial charge in [0, 0.05) is 54.0 Å².